The third-order valence-corrected chi connectivity index (χ3v) is 4.15. The van der Waals surface area contributed by atoms with E-state index in [1.54, 1.807) is 17.2 Å². The van der Waals surface area contributed by atoms with Crippen molar-refractivity contribution in [1.29, 1.82) is 0 Å². The predicted molar refractivity (Wildman–Crippen MR) is 113 cm³/mol. The number of carbonyl (C=O) groups is 5. The highest BCUT2D eigenvalue weighted by Crippen LogP contribution is 2.26. The number of carboxylic acids is 3. The second-order valence-electron chi connectivity index (χ2n) is 6.71. The van der Waals surface area contributed by atoms with Gasteiger partial charge in [0, 0.05) is 20.0 Å². The fraction of sp³-hybridized carbons (Fsp3) is 0.476. The maximum Gasteiger partial charge on any atom is 0.360 e. The fourth-order valence-electron chi connectivity index (χ4n) is 2.52. The Balaban J connectivity index is 0.000000684. The molecule has 12 heteroatoms. The molecule has 1 aromatic carbocycles. The van der Waals surface area contributed by atoms with Crippen LogP contribution in [0.4, 0.5) is 0 Å². The van der Waals surface area contributed by atoms with Crippen LogP contribution < -0.4 is 4.74 Å². The molecule has 1 rings (SSSR count). The lowest BCUT2D eigenvalue weighted by atomic mass is 9.96. The third-order valence-electron chi connectivity index (χ3n) is 4.15. The van der Waals surface area contributed by atoms with E-state index in [2.05, 4.69) is 0 Å². The van der Waals surface area contributed by atoms with Gasteiger partial charge in [0.15, 0.2) is 5.60 Å². The molecule has 4 N–H and O–H groups in total. The van der Waals surface area contributed by atoms with Crippen LogP contribution in [-0.4, -0.2) is 74.0 Å². The number of esters is 1. The third kappa shape index (κ3) is 10.1. The first-order valence-corrected chi connectivity index (χ1v) is 9.98. The summed E-state index contributed by atoms with van der Waals surface area (Å²) in [6, 6.07) is 5.18. The van der Waals surface area contributed by atoms with E-state index in [4.69, 9.17) is 30.0 Å². The molecule has 1 aromatic rings. The molecule has 184 valence electrons. The summed E-state index contributed by atoms with van der Waals surface area (Å²) in [5.74, 6) is -5.70. The van der Waals surface area contributed by atoms with Gasteiger partial charge in [-0.25, -0.2) is 9.59 Å². The number of carboxylic acid groups (broad SMARTS) is 3. The van der Waals surface area contributed by atoms with Crippen molar-refractivity contribution in [3.63, 3.8) is 0 Å². The van der Waals surface area contributed by atoms with Crippen LogP contribution in [0.5, 0.6) is 5.75 Å². The van der Waals surface area contributed by atoms with Crippen LogP contribution in [0.15, 0.2) is 18.2 Å². The van der Waals surface area contributed by atoms with Gasteiger partial charge in [0.05, 0.1) is 12.8 Å². The predicted octanol–water partition coefficient (Wildman–Crippen LogP) is 1.34. The summed E-state index contributed by atoms with van der Waals surface area (Å²) in [6.07, 6.45) is -1.63. The van der Waals surface area contributed by atoms with Gasteiger partial charge in [-0.3, -0.25) is 14.4 Å². The zero-order chi connectivity index (χ0) is 25.8. The monoisotopic (exact) mass is 471 g/mol. The standard InChI is InChI=1S/C15H21NO4.C6H8O7/c1-5-12-9-8-10-13(14(12)19-11(4)17)15(18)20-16(6-2)7-3;7-3(8)1-6(13,5(11)12)2-4(9)10/h8-10H,5-7H2,1-4H3;13H,1-2H2,(H,7,8)(H,9,10)(H,11,12). The number of aryl methyl sites for hydroxylation is 1. The number of aliphatic carboxylic acids is 3. The van der Waals surface area contributed by atoms with Crippen LogP contribution >= 0.6 is 0 Å². The largest absolute Gasteiger partial charge is 0.481 e. The van der Waals surface area contributed by atoms with Crippen LogP contribution in [-0.2, 0) is 30.4 Å². The summed E-state index contributed by atoms with van der Waals surface area (Å²) in [4.78, 5) is 59.1. The molecular weight excluding hydrogens is 442 g/mol. The molecule has 12 nitrogen and oxygen atoms in total. The van der Waals surface area contributed by atoms with Gasteiger partial charge < -0.3 is 30.0 Å². The number of rotatable bonds is 11. The molecule has 0 heterocycles. The van der Waals surface area contributed by atoms with Crippen molar-refractivity contribution in [3.05, 3.63) is 29.3 Å². The van der Waals surface area contributed by atoms with Gasteiger partial charge in [0.2, 0.25) is 0 Å². The molecule has 0 saturated carbocycles. The molecule has 0 saturated heterocycles. The zero-order valence-corrected chi connectivity index (χ0v) is 18.9. The van der Waals surface area contributed by atoms with Crippen molar-refractivity contribution in [1.82, 2.24) is 5.06 Å². The Bertz CT molecular complexity index is 846. The average Bonchev–Trinajstić information content (AvgIpc) is 2.70. The number of ether oxygens (including phenoxy) is 1. The van der Waals surface area contributed by atoms with Gasteiger partial charge in [0.1, 0.15) is 11.3 Å². The second kappa shape index (κ2) is 13.8. The van der Waals surface area contributed by atoms with E-state index in [0.717, 1.165) is 5.56 Å². The van der Waals surface area contributed by atoms with Crippen molar-refractivity contribution in [2.24, 2.45) is 0 Å². The fourth-order valence-corrected chi connectivity index (χ4v) is 2.52. The maximum atomic E-state index is 12.2. The number of aliphatic hydroxyl groups is 1. The molecule has 0 unspecified atom stereocenters. The molecule has 0 spiro atoms. The Morgan fingerprint density at radius 1 is 0.939 bits per heavy atom. The summed E-state index contributed by atoms with van der Waals surface area (Å²) in [6.45, 7) is 8.23. The van der Waals surface area contributed by atoms with Crippen molar-refractivity contribution in [2.45, 2.75) is 52.6 Å². The Morgan fingerprint density at radius 2 is 1.45 bits per heavy atom. The summed E-state index contributed by atoms with van der Waals surface area (Å²) < 4.78 is 5.18. The van der Waals surface area contributed by atoms with Gasteiger partial charge >= 0.3 is 29.8 Å². The molecule has 0 aromatic heterocycles. The topological polar surface area (TPSA) is 188 Å². The van der Waals surface area contributed by atoms with Gasteiger partial charge in [-0.05, 0) is 31.9 Å². The van der Waals surface area contributed by atoms with Gasteiger partial charge in [-0.1, -0.05) is 19.1 Å². The number of nitrogens with zero attached hydrogens (tertiary/aromatic N) is 1. The number of para-hydroxylation sites is 1. The van der Waals surface area contributed by atoms with E-state index < -0.39 is 48.3 Å². The molecule has 0 aliphatic heterocycles. The number of hydroxylamine groups is 2. The van der Waals surface area contributed by atoms with Crippen molar-refractivity contribution in [3.8, 4) is 5.75 Å². The highest BCUT2D eigenvalue weighted by Gasteiger charge is 2.40. The Hall–Kier alpha value is -3.51. The van der Waals surface area contributed by atoms with Gasteiger partial charge in [-0.2, -0.15) is 0 Å². The van der Waals surface area contributed by atoms with Crippen LogP contribution in [0.25, 0.3) is 0 Å². The summed E-state index contributed by atoms with van der Waals surface area (Å²) in [5.41, 5.74) is -1.67. The molecule has 0 aliphatic carbocycles. The zero-order valence-electron chi connectivity index (χ0n) is 18.9. The van der Waals surface area contributed by atoms with Crippen LogP contribution in [0.1, 0.15) is 56.5 Å². The highest BCUT2D eigenvalue weighted by molar-refractivity contribution is 5.94. The maximum absolute atomic E-state index is 12.2. The molecular formula is C21H29NO11. The van der Waals surface area contributed by atoms with Gasteiger partial charge in [0.25, 0.3) is 0 Å². The lowest BCUT2D eigenvalue weighted by Crippen LogP contribution is -2.42. The van der Waals surface area contributed by atoms with E-state index in [1.165, 1.54) is 6.92 Å². The molecule has 0 bridgehead atoms. The van der Waals surface area contributed by atoms with E-state index >= 15 is 0 Å². The van der Waals surface area contributed by atoms with E-state index in [0.29, 0.717) is 25.3 Å². The quantitative estimate of drug-likeness (QED) is 0.206. The normalized spacial score (nSPS) is 10.6. The first kappa shape index (κ1) is 29.5. The van der Waals surface area contributed by atoms with Crippen molar-refractivity contribution < 1.29 is 54.0 Å². The number of hydrogen-bond donors (Lipinski definition) is 4. The smallest absolute Gasteiger partial charge is 0.360 e. The SMILES string of the molecule is CCc1cccc(C(=O)ON(CC)CC)c1OC(C)=O.O=C(O)CC(O)(CC(=O)O)C(=O)O. The number of hydrogen-bond acceptors (Lipinski definition) is 9. The molecule has 0 aliphatic rings. The summed E-state index contributed by atoms with van der Waals surface area (Å²) in [5, 5.41) is 35.4. The summed E-state index contributed by atoms with van der Waals surface area (Å²) in [7, 11) is 0. The van der Waals surface area contributed by atoms with Crippen LogP contribution in [0.2, 0.25) is 0 Å². The Morgan fingerprint density at radius 3 is 1.82 bits per heavy atom. The first-order chi connectivity index (χ1) is 15.3. The van der Waals surface area contributed by atoms with Crippen molar-refractivity contribution >= 4 is 29.8 Å². The average molecular weight is 471 g/mol. The minimum Gasteiger partial charge on any atom is -0.481 e. The lowest BCUT2D eigenvalue weighted by Gasteiger charge is -2.18. The number of carbonyl (C=O) groups excluding carboxylic acids is 2. The van der Waals surface area contributed by atoms with Crippen LogP contribution in [0.3, 0.4) is 0 Å². The molecule has 0 radical (unpaired) electrons. The molecule has 0 atom stereocenters. The van der Waals surface area contributed by atoms with E-state index in [9.17, 15) is 24.0 Å². The van der Waals surface area contributed by atoms with Crippen molar-refractivity contribution in [2.75, 3.05) is 13.1 Å². The van der Waals surface area contributed by atoms with Gasteiger partial charge in [-0.15, -0.1) is 5.06 Å². The van der Waals surface area contributed by atoms with E-state index in [-0.39, 0.29) is 5.56 Å². The molecule has 0 amide bonds. The Kier molecular flexibility index (Phi) is 12.3. The minimum atomic E-state index is -2.74. The first-order valence-electron chi connectivity index (χ1n) is 9.98. The Labute approximate surface area is 190 Å². The summed E-state index contributed by atoms with van der Waals surface area (Å²) >= 11 is 0. The van der Waals surface area contributed by atoms with E-state index in [1.807, 2.05) is 26.8 Å². The number of benzene rings is 1. The minimum absolute atomic E-state index is 0.270. The lowest BCUT2D eigenvalue weighted by molar-refractivity contribution is -0.170. The second-order valence-corrected chi connectivity index (χ2v) is 6.71. The molecule has 33 heavy (non-hydrogen) atoms. The highest BCUT2D eigenvalue weighted by atomic mass is 16.7. The molecule has 0 fully saturated rings. The van der Waals surface area contributed by atoms with Crippen LogP contribution in [0, 0.1) is 0 Å².